The Hall–Kier alpha value is -2.76. The smallest absolute Gasteiger partial charge is 0.260 e. The molecule has 1 aromatic heterocycles. The van der Waals surface area contributed by atoms with Crippen LogP contribution >= 0.6 is 0 Å². The SMILES string of the molecule is O=C(NCc1ccc2c(c1)OCO2)c1ccc[nH]c1=O. The van der Waals surface area contributed by atoms with Crippen molar-refractivity contribution in [3.05, 3.63) is 58.0 Å². The molecule has 20 heavy (non-hydrogen) atoms. The number of aromatic amines is 1. The van der Waals surface area contributed by atoms with E-state index >= 15 is 0 Å². The first-order chi connectivity index (χ1) is 9.74. The van der Waals surface area contributed by atoms with Crippen LogP contribution in [0.2, 0.25) is 0 Å². The van der Waals surface area contributed by atoms with Gasteiger partial charge in [0.05, 0.1) is 0 Å². The minimum atomic E-state index is -0.412. The predicted molar refractivity (Wildman–Crippen MR) is 70.8 cm³/mol. The number of carbonyl (C=O) groups is 1. The number of hydrogen-bond donors (Lipinski definition) is 2. The van der Waals surface area contributed by atoms with Crippen molar-refractivity contribution < 1.29 is 14.3 Å². The van der Waals surface area contributed by atoms with Crippen molar-refractivity contribution >= 4 is 5.91 Å². The minimum absolute atomic E-state index is 0.0910. The molecule has 6 heteroatoms. The van der Waals surface area contributed by atoms with Gasteiger partial charge in [0, 0.05) is 12.7 Å². The number of carbonyl (C=O) groups excluding carboxylic acids is 1. The Bertz CT molecular complexity index is 708. The van der Waals surface area contributed by atoms with Crippen LogP contribution in [0.4, 0.5) is 0 Å². The number of H-pyrrole nitrogens is 1. The van der Waals surface area contributed by atoms with E-state index in [9.17, 15) is 9.59 Å². The van der Waals surface area contributed by atoms with Crippen LogP contribution in [-0.4, -0.2) is 17.7 Å². The lowest BCUT2D eigenvalue weighted by atomic mass is 10.2. The Balaban J connectivity index is 1.69. The maximum absolute atomic E-state index is 11.9. The summed E-state index contributed by atoms with van der Waals surface area (Å²) in [4.78, 5) is 25.8. The summed E-state index contributed by atoms with van der Waals surface area (Å²) in [5.41, 5.74) is 0.555. The van der Waals surface area contributed by atoms with Crippen LogP contribution in [0.5, 0.6) is 11.5 Å². The molecule has 2 N–H and O–H groups in total. The number of aromatic nitrogens is 1. The van der Waals surface area contributed by atoms with E-state index in [1.54, 1.807) is 18.2 Å². The molecule has 6 nitrogen and oxygen atoms in total. The molecule has 1 aliphatic rings. The first kappa shape index (κ1) is 12.3. The van der Waals surface area contributed by atoms with Crippen LogP contribution in [0.1, 0.15) is 15.9 Å². The fraction of sp³-hybridized carbons (Fsp3) is 0.143. The molecular weight excluding hydrogens is 260 g/mol. The third kappa shape index (κ3) is 2.35. The van der Waals surface area contributed by atoms with E-state index in [1.807, 2.05) is 6.07 Å². The van der Waals surface area contributed by atoms with E-state index in [2.05, 4.69) is 10.3 Å². The summed E-state index contributed by atoms with van der Waals surface area (Å²) in [6.07, 6.45) is 1.48. The predicted octanol–water partition coefficient (Wildman–Crippen LogP) is 1.03. The van der Waals surface area contributed by atoms with Crippen LogP contribution in [0.15, 0.2) is 41.3 Å². The van der Waals surface area contributed by atoms with Crippen molar-refractivity contribution in [2.75, 3.05) is 6.79 Å². The Kier molecular flexibility index (Phi) is 3.12. The molecule has 2 aromatic rings. The maximum atomic E-state index is 11.9. The molecule has 0 spiro atoms. The topological polar surface area (TPSA) is 80.4 Å². The number of hydrogen-bond acceptors (Lipinski definition) is 4. The molecule has 0 atom stereocenters. The van der Waals surface area contributed by atoms with Crippen LogP contribution < -0.4 is 20.3 Å². The van der Waals surface area contributed by atoms with Gasteiger partial charge in [-0.2, -0.15) is 0 Å². The summed E-state index contributed by atoms with van der Waals surface area (Å²) in [7, 11) is 0. The van der Waals surface area contributed by atoms with Crippen molar-refractivity contribution in [2.45, 2.75) is 6.54 Å². The van der Waals surface area contributed by atoms with Crippen LogP contribution in [-0.2, 0) is 6.54 Å². The van der Waals surface area contributed by atoms with Gasteiger partial charge in [-0.3, -0.25) is 9.59 Å². The normalized spacial score (nSPS) is 12.2. The highest BCUT2D eigenvalue weighted by Crippen LogP contribution is 2.32. The first-order valence-electron chi connectivity index (χ1n) is 6.08. The van der Waals surface area contributed by atoms with E-state index in [0.29, 0.717) is 18.0 Å². The molecule has 2 heterocycles. The van der Waals surface area contributed by atoms with Crippen LogP contribution in [0.25, 0.3) is 0 Å². The quantitative estimate of drug-likeness (QED) is 0.874. The second-order valence-corrected chi connectivity index (χ2v) is 4.28. The first-order valence-corrected chi connectivity index (χ1v) is 6.08. The van der Waals surface area contributed by atoms with Crippen molar-refractivity contribution in [1.29, 1.82) is 0 Å². The van der Waals surface area contributed by atoms with E-state index < -0.39 is 11.5 Å². The van der Waals surface area contributed by atoms with E-state index in [1.165, 1.54) is 12.3 Å². The van der Waals surface area contributed by atoms with E-state index in [0.717, 1.165) is 5.56 Å². The minimum Gasteiger partial charge on any atom is -0.454 e. The monoisotopic (exact) mass is 272 g/mol. The van der Waals surface area contributed by atoms with Gasteiger partial charge in [0.15, 0.2) is 11.5 Å². The molecule has 0 bridgehead atoms. The number of fused-ring (bicyclic) bond motifs is 1. The van der Waals surface area contributed by atoms with Crippen molar-refractivity contribution in [3.8, 4) is 11.5 Å². The van der Waals surface area contributed by atoms with E-state index in [4.69, 9.17) is 9.47 Å². The summed E-state index contributed by atoms with van der Waals surface area (Å²) < 4.78 is 10.5. The average Bonchev–Trinajstić information content (AvgIpc) is 2.92. The second kappa shape index (κ2) is 5.08. The zero-order valence-corrected chi connectivity index (χ0v) is 10.5. The molecule has 0 aliphatic carbocycles. The molecule has 0 fully saturated rings. The summed E-state index contributed by atoms with van der Waals surface area (Å²) in [6, 6.07) is 8.52. The maximum Gasteiger partial charge on any atom is 0.260 e. The number of nitrogens with one attached hydrogen (secondary N) is 2. The molecular formula is C14H12N2O4. The van der Waals surface area contributed by atoms with Gasteiger partial charge in [0.1, 0.15) is 5.56 Å². The van der Waals surface area contributed by atoms with Gasteiger partial charge in [-0.15, -0.1) is 0 Å². The second-order valence-electron chi connectivity index (χ2n) is 4.28. The molecule has 0 saturated carbocycles. The van der Waals surface area contributed by atoms with Crippen molar-refractivity contribution in [2.24, 2.45) is 0 Å². The number of rotatable bonds is 3. The van der Waals surface area contributed by atoms with Gasteiger partial charge in [-0.1, -0.05) is 6.07 Å². The molecule has 3 rings (SSSR count). The average molecular weight is 272 g/mol. The van der Waals surface area contributed by atoms with Crippen LogP contribution in [0, 0.1) is 0 Å². The van der Waals surface area contributed by atoms with Crippen molar-refractivity contribution in [1.82, 2.24) is 10.3 Å². The molecule has 0 radical (unpaired) electrons. The lowest BCUT2D eigenvalue weighted by Gasteiger charge is -2.05. The third-order valence-electron chi connectivity index (χ3n) is 2.95. The standard InChI is InChI=1S/C14H12N2O4/c17-13-10(2-1-5-15-13)14(18)16-7-9-3-4-11-12(6-9)20-8-19-11/h1-6H,7-8H2,(H,15,17)(H,16,18). The van der Waals surface area contributed by atoms with Gasteiger partial charge < -0.3 is 19.8 Å². The van der Waals surface area contributed by atoms with Gasteiger partial charge >= 0.3 is 0 Å². The fourth-order valence-electron chi connectivity index (χ4n) is 1.93. The molecule has 0 saturated heterocycles. The number of pyridine rings is 1. The number of ether oxygens (including phenoxy) is 2. The third-order valence-corrected chi connectivity index (χ3v) is 2.95. The van der Waals surface area contributed by atoms with Gasteiger partial charge in [-0.05, 0) is 29.8 Å². The Labute approximate surface area is 114 Å². The zero-order chi connectivity index (χ0) is 13.9. The van der Waals surface area contributed by atoms with Crippen LogP contribution in [0.3, 0.4) is 0 Å². The molecule has 1 aliphatic heterocycles. The summed E-state index contributed by atoms with van der Waals surface area (Å²) in [6.45, 7) is 0.522. The fourth-order valence-corrected chi connectivity index (χ4v) is 1.93. The highest BCUT2D eigenvalue weighted by atomic mass is 16.7. The van der Waals surface area contributed by atoms with E-state index in [-0.39, 0.29) is 12.4 Å². The number of benzene rings is 1. The summed E-state index contributed by atoms with van der Waals surface area (Å²) in [5.74, 6) is 0.943. The molecule has 0 unspecified atom stereocenters. The number of amides is 1. The lowest BCUT2D eigenvalue weighted by molar-refractivity contribution is 0.0949. The summed E-state index contributed by atoms with van der Waals surface area (Å²) in [5, 5.41) is 2.69. The van der Waals surface area contributed by atoms with Gasteiger partial charge in [0.25, 0.3) is 11.5 Å². The largest absolute Gasteiger partial charge is 0.454 e. The molecule has 1 aromatic carbocycles. The highest BCUT2D eigenvalue weighted by molar-refractivity contribution is 5.93. The molecule has 1 amide bonds. The Morgan fingerprint density at radius 2 is 2.10 bits per heavy atom. The van der Waals surface area contributed by atoms with Gasteiger partial charge in [0.2, 0.25) is 6.79 Å². The van der Waals surface area contributed by atoms with Crippen molar-refractivity contribution in [3.63, 3.8) is 0 Å². The summed E-state index contributed by atoms with van der Waals surface area (Å²) >= 11 is 0. The highest BCUT2D eigenvalue weighted by Gasteiger charge is 2.14. The Morgan fingerprint density at radius 3 is 2.95 bits per heavy atom. The van der Waals surface area contributed by atoms with Gasteiger partial charge in [-0.25, -0.2) is 0 Å². The lowest BCUT2D eigenvalue weighted by Crippen LogP contribution is -2.28. The Morgan fingerprint density at radius 1 is 1.25 bits per heavy atom. The molecule has 102 valence electrons. The zero-order valence-electron chi connectivity index (χ0n) is 10.5.